The Morgan fingerprint density at radius 1 is 0.923 bits per heavy atom. The number of likely N-dealkylation sites (tertiary alicyclic amines) is 2. The van der Waals surface area contributed by atoms with E-state index in [9.17, 15) is 24.0 Å². The van der Waals surface area contributed by atoms with Crippen molar-refractivity contribution in [1.29, 1.82) is 0 Å². The largest absolute Gasteiger partial charge is 0.495 e. The molecule has 6 heterocycles. The van der Waals surface area contributed by atoms with E-state index in [4.69, 9.17) is 14.5 Å². The number of hydrogen-bond acceptors (Lipinski definition) is 14. The fourth-order valence-corrected chi connectivity index (χ4v) is 10.3. The summed E-state index contributed by atoms with van der Waals surface area (Å²) in [4.78, 5) is 83.8. The topological polar surface area (TPSA) is 194 Å². The van der Waals surface area contributed by atoms with Gasteiger partial charge >= 0.3 is 0 Å². The fraction of sp³-hybridized carbons (Fsp3) is 0.553. The Labute approximate surface area is 379 Å². The van der Waals surface area contributed by atoms with Gasteiger partial charge in [0.15, 0.2) is 5.82 Å². The van der Waals surface area contributed by atoms with Crippen molar-refractivity contribution in [3.05, 3.63) is 59.3 Å². The van der Waals surface area contributed by atoms with Crippen LogP contribution in [-0.2, 0) is 25.7 Å². The Morgan fingerprint density at radius 2 is 1.69 bits per heavy atom. The second-order valence-electron chi connectivity index (χ2n) is 18.1. The number of rotatable bonds is 16. The molecule has 1 aliphatic carbocycles. The molecule has 1 aromatic heterocycles. The van der Waals surface area contributed by atoms with Crippen LogP contribution in [0.5, 0.6) is 5.75 Å². The monoisotopic (exact) mass is 891 g/mol. The summed E-state index contributed by atoms with van der Waals surface area (Å²) in [5.41, 5.74) is 4.28. The van der Waals surface area contributed by atoms with Gasteiger partial charge < -0.3 is 45.0 Å². The number of amides is 5. The SMILES string of the molecule is CC[C@@H]1C(=O)N(C)c2cnc(Nc3ccc(C(=O)NC4CCN(CCOCCN5CC(Nc6cccc7c6CN(C6CCC(=O)NC6=O)C7=O)C5)CC4)cc3OC)nc2N1C1CCCC1. The number of ether oxygens (including phenoxy) is 2. The molecule has 2 aromatic carbocycles. The van der Waals surface area contributed by atoms with Crippen molar-refractivity contribution in [1.82, 2.24) is 35.3 Å². The third kappa shape index (κ3) is 9.33. The molecule has 346 valence electrons. The molecule has 18 heteroatoms. The molecule has 6 aliphatic rings. The van der Waals surface area contributed by atoms with Crippen LogP contribution in [0.3, 0.4) is 0 Å². The lowest BCUT2D eigenvalue weighted by molar-refractivity contribution is -0.137. The maximum atomic E-state index is 13.4. The van der Waals surface area contributed by atoms with Crippen molar-refractivity contribution in [2.45, 2.75) is 101 Å². The van der Waals surface area contributed by atoms with Crippen molar-refractivity contribution in [2.24, 2.45) is 0 Å². The molecule has 65 heavy (non-hydrogen) atoms. The lowest BCUT2D eigenvalue weighted by Crippen LogP contribution is -2.55. The number of carbonyl (C=O) groups excluding carboxylic acids is 5. The highest BCUT2D eigenvalue weighted by molar-refractivity contribution is 6.06. The number of likely N-dealkylation sites (N-methyl/N-ethyl adjacent to an activating group) is 1. The summed E-state index contributed by atoms with van der Waals surface area (Å²) in [7, 11) is 3.37. The van der Waals surface area contributed by atoms with Gasteiger partial charge in [0.2, 0.25) is 23.7 Å². The van der Waals surface area contributed by atoms with E-state index in [1.807, 2.05) is 25.1 Å². The average Bonchev–Trinajstić information content (AvgIpc) is 3.95. The number of benzene rings is 2. The van der Waals surface area contributed by atoms with Gasteiger partial charge in [0.1, 0.15) is 23.5 Å². The van der Waals surface area contributed by atoms with Gasteiger partial charge in [-0.2, -0.15) is 4.98 Å². The first-order valence-corrected chi connectivity index (χ1v) is 23.3. The van der Waals surface area contributed by atoms with E-state index in [1.54, 1.807) is 48.4 Å². The van der Waals surface area contributed by atoms with Crippen LogP contribution in [0, 0.1) is 0 Å². The normalized spacial score (nSPS) is 22.2. The Morgan fingerprint density at radius 3 is 2.43 bits per heavy atom. The van der Waals surface area contributed by atoms with Crippen LogP contribution in [0.2, 0.25) is 0 Å². The van der Waals surface area contributed by atoms with E-state index in [-0.39, 0.29) is 54.2 Å². The molecular weight excluding hydrogens is 831 g/mol. The smallest absolute Gasteiger partial charge is 0.255 e. The van der Waals surface area contributed by atoms with Crippen molar-refractivity contribution < 1.29 is 33.4 Å². The quantitative estimate of drug-likeness (QED) is 0.121. The molecule has 1 saturated carbocycles. The fourth-order valence-electron chi connectivity index (χ4n) is 10.3. The van der Waals surface area contributed by atoms with E-state index in [0.717, 1.165) is 94.9 Å². The molecule has 4 fully saturated rings. The number of carbonyl (C=O) groups is 5. The summed E-state index contributed by atoms with van der Waals surface area (Å²) >= 11 is 0. The number of nitrogens with zero attached hydrogens (tertiary/aromatic N) is 7. The first-order chi connectivity index (χ1) is 31.6. The number of aromatic nitrogens is 2. The van der Waals surface area contributed by atoms with Gasteiger partial charge in [-0.05, 0) is 68.9 Å². The maximum absolute atomic E-state index is 13.4. The van der Waals surface area contributed by atoms with Gasteiger partial charge in [0, 0.05) is 93.7 Å². The van der Waals surface area contributed by atoms with Gasteiger partial charge in [0.25, 0.3) is 11.8 Å². The molecule has 18 nitrogen and oxygen atoms in total. The number of imide groups is 1. The second kappa shape index (κ2) is 19.3. The molecule has 2 atom stereocenters. The Bertz CT molecular complexity index is 2290. The first kappa shape index (κ1) is 44.4. The summed E-state index contributed by atoms with van der Waals surface area (Å²) in [6, 6.07) is 10.7. The van der Waals surface area contributed by atoms with Crippen LogP contribution in [0.15, 0.2) is 42.6 Å². The molecular formula is C47H61N11O7. The first-order valence-electron chi connectivity index (χ1n) is 23.3. The molecule has 9 rings (SSSR count). The van der Waals surface area contributed by atoms with Gasteiger partial charge in [-0.1, -0.05) is 25.8 Å². The molecule has 0 bridgehead atoms. The zero-order valence-electron chi connectivity index (χ0n) is 37.6. The lowest BCUT2D eigenvalue weighted by atomic mass is 10.0. The van der Waals surface area contributed by atoms with E-state index >= 15 is 0 Å². The molecule has 3 saturated heterocycles. The van der Waals surface area contributed by atoms with E-state index in [2.05, 4.69) is 41.0 Å². The number of methoxy groups -OCH3 is 1. The van der Waals surface area contributed by atoms with Crippen LogP contribution >= 0.6 is 0 Å². The minimum atomic E-state index is -0.629. The Kier molecular flexibility index (Phi) is 13.2. The van der Waals surface area contributed by atoms with Gasteiger partial charge in [0.05, 0.1) is 38.2 Å². The summed E-state index contributed by atoms with van der Waals surface area (Å²) in [6.07, 6.45) is 9.06. The molecule has 0 radical (unpaired) electrons. The zero-order valence-corrected chi connectivity index (χ0v) is 37.6. The Balaban J connectivity index is 0.681. The average molecular weight is 892 g/mol. The van der Waals surface area contributed by atoms with E-state index in [0.29, 0.717) is 66.8 Å². The van der Waals surface area contributed by atoms with Crippen LogP contribution < -0.4 is 35.8 Å². The van der Waals surface area contributed by atoms with Crippen molar-refractivity contribution in [3.8, 4) is 5.75 Å². The molecule has 5 amide bonds. The molecule has 3 aromatic rings. The molecule has 1 unspecified atom stereocenters. The zero-order chi connectivity index (χ0) is 45.2. The molecule has 5 aliphatic heterocycles. The third-order valence-corrected chi connectivity index (χ3v) is 14.0. The minimum absolute atomic E-state index is 0.0709. The van der Waals surface area contributed by atoms with Crippen LogP contribution in [0.1, 0.15) is 91.0 Å². The van der Waals surface area contributed by atoms with Crippen LogP contribution in [0.4, 0.5) is 28.8 Å². The lowest BCUT2D eigenvalue weighted by Gasteiger charge is -2.43. The highest BCUT2D eigenvalue weighted by atomic mass is 16.5. The van der Waals surface area contributed by atoms with Crippen LogP contribution in [0.25, 0.3) is 0 Å². The van der Waals surface area contributed by atoms with Gasteiger partial charge in [-0.25, -0.2) is 4.98 Å². The summed E-state index contributed by atoms with van der Waals surface area (Å²) < 4.78 is 11.8. The number of piperidine rings is 2. The number of nitrogens with one attached hydrogen (secondary N) is 4. The highest BCUT2D eigenvalue weighted by Crippen LogP contribution is 2.41. The third-order valence-electron chi connectivity index (χ3n) is 14.0. The molecule has 4 N–H and O–H groups in total. The van der Waals surface area contributed by atoms with E-state index in [1.165, 1.54) is 0 Å². The standard InChI is InChI=1S/C47H61N11O7/c1-4-37-46(63)54(2)39-25-48-47(53-42(39)58(37)32-8-5-6-9-32)51-36-13-12-29(24-40(36)64-3)43(60)50-30-16-18-55(19-17-30)20-22-65-23-21-56-26-31(27-56)49-35-11-7-10-33-34(35)28-57(45(33)62)38-14-15-41(59)52-44(38)61/h7,10-13,24-25,30-32,37-38,49H,4-6,8-9,14-23,26-28H2,1-3H3,(H,50,60)(H,48,51,53)(H,52,59,61)/t37-,38?/m1/s1. The predicted octanol–water partition coefficient (Wildman–Crippen LogP) is 3.50. The Hall–Kier alpha value is -5.85. The maximum Gasteiger partial charge on any atom is 0.255 e. The molecule has 0 spiro atoms. The van der Waals surface area contributed by atoms with Gasteiger partial charge in [-0.3, -0.25) is 34.2 Å². The van der Waals surface area contributed by atoms with Crippen molar-refractivity contribution >= 4 is 58.4 Å². The highest BCUT2D eigenvalue weighted by Gasteiger charge is 2.42. The summed E-state index contributed by atoms with van der Waals surface area (Å²) in [5.74, 6) is 0.726. The van der Waals surface area contributed by atoms with Crippen molar-refractivity contribution in [3.63, 3.8) is 0 Å². The van der Waals surface area contributed by atoms with Crippen LogP contribution in [-0.4, -0.2) is 151 Å². The van der Waals surface area contributed by atoms with Crippen molar-refractivity contribution in [2.75, 3.05) is 87.1 Å². The number of fused-ring (bicyclic) bond motifs is 2. The number of anilines is 5. The summed E-state index contributed by atoms with van der Waals surface area (Å²) in [5, 5.41) is 12.5. The van der Waals surface area contributed by atoms with Gasteiger partial charge in [-0.15, -0.1) is 0 Å². The summed E-state index contributed by atoms with van der Waals surface area (Å²) in [6.45, 7) is 8.86. The minimum Gasteiger partial charge on any atom is -0.495 e. The number of hydrogen-bond donors (Lipinski definition) is 4. The van der Waals surface area contributed by atoms with E-state index < -0.39 is 11.9 Å². The predicted molar refractivity (Wildman–Crippen MR) is 245 cm³/mol. The second-order valence-corrected chi connectivity index (χ2v) is 18.1.